The van der Waals surface area contributed by atoms with E-state index in [1.54, 1.807) is 31.0 Å². The molecule has 0 aliphatic carbocycles. The van der Waals surface area contributed by atoms with E-state index in [1.807, 2.05) is 48.3 Å². The maximum absolute atomic E-state index is 12.9. The molecule has 29 heavy (non-hydrogen) atoms. The number of hydrogen-bond acceptors (Lipinski definition) is 7. The van der Waals surface area contributed by atoms with Crippen LogP contribution in [0.2, 0.25) is 0 Å². The van der Waals surface area contributed by atoms with Crippen molar-refractivity contribution in [1.29, 1.82) is 0 Å². The monoisotopic (exact) mass is 408 g/mol. The van der Waals surface area contributed by atoms with Crippen LogP contribution in [0.4, 0.5) is 11.5 Å². The van der Waals surface area contributed by atoms with E-state index in [0.29, 0.717) is 29.4 Å². The minimum absolute atomic E-state index is 0.281. The number of aromatic nitrogens is 5. The molecule has 1 aromatic carbocycles. The van der Waals surface area contributed by atoms with Gasteiger partial charge in [-0.2, -0.15) is 0 Å². The summed E-state index contributed by atoms with van der Waals surface area (Å²) in [5, 5.41) is 0. The van der Waals surface area contributed by atoms with E-state index < -0.39 is 0 Å². The Hall–Kier alpha value is -3.33. The molecule has 0 saturated heterocycles. The normalized spacial score (nSPS) is 11.0. The maximum Gasteiger partial charge on any atom is 0.340 e. The van der Waals surface area contributed by atoms with Crippen molar-refractivity contribution in [2.75, 3.05) is 19.1 Å². The molecule has 0 spiro atoms. The summed E-state index contributed by atoms with van der Waals surface area (Å²) in [4.78, 5) is 28.1. The Kier molecular flexibility index (Phi) is 4.98. The SMILES string of the molecule is COc1ccc(N(C)c2nc(C)nc3c2n(S)c(=O)n3Cc2cccnc2)cc1. The number of pyridine rings is 1. The lowest BCUT2D eigenvalue weighted by Gasteiger charge is -2.20. The van der Waals surface area contributed by atoms with Gasteiger partial charge in [-0.1, -0.05) is 18.9 Å². The second-order valence-corrected chi connectivity index (χ2v) is 6.97. The first-order valence-corrected chi connectivity index (χ1v) is 9.35. The van der Waals surface area contributed by atoms with Crippen LogP contribution in [0.25, 0.3) is 11.2 Å². The number of rotatable bonds is 5. The van der Waals surface area contributed by atoms with Crippen molar-refractivity contribution in [3.8, 4) is 5.75 Å². The molecule has 4 rings (SSSR count). The van der Waals surface area contributed by atoms with Gasteiger partial charge in [0.2, 0.25) is 0 Å². The molecule has 0 unspecified atom stereocenters. The fourth-order valence-electron chi connectivity index (χ4n) is 3.19. The Morgan fingerprint density at radius 1 is 1.17 bits per heavy atom. The van der Waals surface area contributed by atoms with Gasteiger partial charge in [0.1, 0.15) is 17.1 Å². The number of fused-ring (bicyclic) bond motifs is 1. The van der Waals surface area contributed by atoms with E-state index in [9.17, 15) is 4.79 Å². The van der Waals surface area contributed by atoms with Gasteiger partial charge in [0.25, 0.3) is 0 Å². The summed E-state index contributed by atoms with van der Waals surface area (Å²) in [6.07, 6.45) is 3.43. The minimum atomic E-state index is -0.281. The van der Waals surface area contributed by atoms with Gasteiger partial charge < -0.3 is 9.64 Å². The Bertz CT molecular complexity index is 1220. The third kappa shape index (κ3) is 3.44. The number of ether oxygens (including phenoxy) is 1. The number of nitrogens with zero attached hydrogens (tertiary/aromatic N) is 6. The lowest BCUT2D eigenvalue weighted by Crippen LogP contribution is -2.21. The van der Waals surface area contributed by atoms with Gasteiger partial charge >= 0.3 is 5.69 Å². The summed E-state index contributed by atoms with van der Waals surface area (Å²) in [5.41, 5.74) is 2.59. The first-order valence-electron chi connectivity index (χ1n) is 8.95. The third-order valence-corrected chi connectivity index (χ3v) is 5.05. The number of anilines is 2. The maximum atomic E-state index is 12.9. The van der Waals surface area contributed by atoms with Crippen LogP contribution in [0.3, 0.4) is 0 Å². The first kappa shape index (κ1) is 19.0. The van der Waals surface area contributed by atoms with Crippen LogP contribution in [0.15, 0.2) is 53.6 Å². The van der Waals surface area contributed by atoms with Gasteiger partial charge in [0.05, 0.1) is 13.7 Å². The van der Waals surface area contributed by atoms with Crippen molar-refractivity contribution in [2.24, 2.45) is 0 Å². The Balaban J connectivity index is 1.87. The topological polar surface area (TPSA) is 78.1 Å². The van der Waals surface area contributed by atoms with E-state index in [-0.39, 0.29) is 5.69 Å². The van der Waals surface area contributed by atoms with Gasteiger partial charge in [-0.05, 0) is 42.8 Å². The lowest BCUT2D eigenvalue weighted by atomic mass is 10.2. The predicted octanol–water partition coefficient (Wildman–Crippen LogP) is 2.81. The highest BCUT2D eigenvalue weighted by molar-refractivity contribution is 7.78. The molecule has 0 saturated carbocycles. The van der Waals surface area contributed by atoms with Crippen LogP contribution in [0.5, 0.6) is 5.75 Å². The third-order valence-electron chi connectivity index (χ3n) is 4.68. The largest absolute Gasteiger partial charge is 0.497 e. The highest BCUT2D eigenvalue weighted by Gasteiger charge is 2.21. The molecular weight excluding hydrogens is 388 g/mol. The van der Waals surface area contributed by atoms with Crippen LogP contribution in [0.1, 0.15) is 11.4 Å². The van der Waals surface area contributed by atoms with Crippen molar-refractivity contribution in [2.45, 2.75) is 13.5 Å². The molecule has 0 amide bonds. The van der Waals surface area contributed by atoms with E-state index in [0.717, 1.165) is 17.0 Å². The van der Waals surface area contributed by atoms with Crippen molar-refractivity contribution >= 4 is 35.5 Å². The van der Waals surface area contributed by atoms with Gasteiger partial charge in [0.15, 0.2) is 11.5 Å². The lowest BCUT2D eigenvalue weighted by molar-refractivity contribution is 0.415. The number of methoxy groups -OCH3 is 1. The molecule has 4 aromatic rings. The predicted molar refractivity (Wildman–Crippen MR) is 115 cm³/mol. The van der Waals surface area contributed by atoms with E-state index >= 15 is 0 Å². The van der Waals surface area contributed by atoms with E-state index in [1.165, 1.54) is 3.97 Å². The second kappa shape index (κ2) is 7.59. The zero-order valence-corrected chi connectivity index (χ0v) is 17.2. The Morgan fingerprint density at radius 3 is 2.59 bits per heavy atom. The standard InChI is InChI=1S/C20H20N6O2S/c1-13-22-18(24(2)15-6-8-16(28-3)9-7-15)17-19(23-13)25(20(27)26(17)29)12-14-5-4-10-21-11-14/h4-11,29H,12H2,1-3H3. The molecule has 0 bridgehead atoms. The fraction of sp³-hybridized carbons (Fsp3) is 0.200. The first-order chi connectivity index (χ1) is 14.0. The molecule has 3 heterocycles. The van der Waals surface area contributed by atoms with Crippen molar-refractivity contribution in [3.63, 3.8) is 0 Å². The van der Waals surface area contributed by atoms with Crippen molar-refractivity contribution in [1.82, 2.24) is 23.5 Å². The zero-order chi connectivity index (χ0) is 20.5. The average Bonchev–Trinajstić information content (AvgIpc) is 2.98. The van der Waals surface area contributed by atoms with Gasteiger partial charge in [-0.15, -0.1) is 0 Å². The molecule has 0 aliphatic rings. The molecule has 0 aliphatic heterocycles. The van der Waals surface area contributed by atoms with Gasteiger partial charge in [-0.25, -0.2) is 18.7 Å². The van der Waals surface area contributed by atoms with Crippen LogP contribution in [-0.4, -0.2) is 37.6 Å². The minimum Gasteiger partial charge on any atom is -0.497 e. The summed E-state index contributed by atoms with van der Waals surface area (Å²) >= 11 is 4.43. The molecular formula is C20H20N6O2S. The zero-order valence-electron chi connectivity index (χ0n) is 16.3. The highest BCUT2D eigenvalue weighted by atomic mass is 32.1. The molecule has 0 radical (unpaired) electrons. The van der Waals surface area contributed by atoms with Crippen LogP contribution in [-0.2, 0) is 6.54 Å². The van der Waals surface area contributed by atoms with Crippen LogP contribution < -0.4 is 15.3 Å². The Labute approximate surface area is 173 Å². The quantitative estimate of drug-likeness (QED) is 0.512. The Morgan fingerprint density at radius 2 is 1.93 bits per heavy atom. The second-order valence-electron chi connectivity index (χ2n) is 6.57. The number of aryl methyl sites for hydroxylation is 1. The summed E-state index contributed by atoms with van der Waals surface area (Å²) < 4.78 is 8.10. The summed E-state index contributed by atoms with van der Waals surface area (Å²) in [6.45, 7) is 2.15. The molecule has 0 fully saturated rings. The fourth-order valence-corrected chi connectivity index (χ4v) is 3.48. The smallest absolute Gasteiger partial charge is 0.340 e. The van der Waals surface area contributed by atoms with E-state index in [4.69, 9.17) is 4.74 Å². The summed E-state index contributed by atoms with van der Waals surface area (Å²) in [6, 6.07) is 11.4. The van der Waals surface area contributed by atoms with Crippen molar-refractivity contribution < 1.29 is 4.74 Å². The van der Waals surface area contributed by atoms with Crippen LogP contribution in [0, 0.1) is 6.92 Å². The molecule has 3 aromatic heterocycles. The molecule has 0 N–H and O–H groups in total. The average molecular weight is 408 g/mol. The number of thiol groups is 1. The van der Waals surface area contributed by atoms with Crippen LogP contribution >= 0.6 is 12.8 Å². The summed E-state index contributed by atoms with van der Waals surface area (Å²) in [7, 11) is 3.51. The molecule has 148 valence electrons. The number of hydrogen-bond donors (Lipinski definition) is 1. The number of benzene rings is 1. The molecule has 0 atom stereocenters. The molecule has 8 nitrogen and oxygen atoms in total. The van der Waals surface area contributed by atoms with Gasteiger partial charge in [-0.3, -0.25) is 9.55 Å². The molecule has 9 heteroatoms. The number of imidazole rings is 1. The summed E-state index contributed by atoms with van der Waals surface area (Å²) in [5.74, 6) is 1.92. The van der Waals surface area contributed by atoms with Gasteiger partial charge in [0, 0.05) is 25.1 Å². The van der Waals surface area contributed by atoms with Crippen molar-refractivity contribution in [3.05, 3.63) is 70.7 Å². The highest BCUT2D eigenvalue weighted by Crippen LogP contribution is 2.30. The van der Waals surface area contributed by atoms with E-state index in [2.05, 4.69) is 27.8 Å².